The SMILES string of the molecule is COc1ccc2sc(N3CC(C(=O)Nc4ccc(SC)cc4)C3)nc2c1. The third-order valence-corrected chi connectivity index (χ3v) is 6.30. The number of aromatic nitrogens is 1. The Labute approximate surface area is 160 Å². The van der Waals surface area contributed by atoms with Crippen molar-refractivity contribution in [1.29, 1.82) is 0 Å². The Bertz CT molecular complexity index is 934. The molecule has 1 saturated heterocycles. The van der Waals surface area contributed by atoms with Gasteiger partial charge in [-0.25, -0.2) is 4.98 Å². The van der Waals surface area contributed by atoms with Gasteiger partial charge in [0, 0.05) is 29.7 Å². The molecule has 1 aliphatic heterocycles. The third kappa shape index (κ3) is 3.37. The Morgan fingerprint density at radius 3 is 2.73 bits per heavy atom. The highest BCUT2D eigenvalue weighted by Crippen LogP contribution is 2.34. The molecule has 134 valence electrons. The molecule has 0 radical (unpaired) electrons. The second kappa shape index (κ2) is 7.17. The number of carbonyl (C=O) groups is 1. The molecule has 0 bridgehead atoms. The standard InChI is InChI=1S/C19H19N3O2S2/c1-24-14-5-8-17-16(9-14)21-19(26-17)22-10-12(11-22)18(23)20-13-3-6-15(25-2)7-4-13/h3-9,12H,10-11H2,1-2H3,(H,20,23). The van der Waals surface area contributed by atoms with E-state index in [4.69, 9.17) is 4.74 Å². The third-order valence-electron chi connectivity index (χ3n) is 4.46. The second-order valence-corrected chi connectivity index (χ2v) is 8.04. The minimum absolute atomic E-state index is 0.00299. The van der Waals surface area contributed by atoms with Gasteiger partial charge in [0.2, 0.25) is 5.91 Å². The summed E-state index contributed by atoms with van der Waals surface area (Å²) >= 11 is 3.33. The van der Waals surface area contributed by atoms with E-state index in [0.29, 0.717) is 13.1 Å². The minimum atomic E-state index is -0.00299. The highest BCUT2D eigenvalue weighted by molar-refractivity contribution is 7.98. The summed E-state index contributed by atoms with van der Waals surface area (Å²) in [6, 6.07) is 13.8. The van der Waals surface area contributed by atoms with Gasteiger partial charge in [0.05, 0.1) is 23.2 Å². The zero-order valence-corrected chi connectivity index (χ0v) is 16.2. The number of benzene rings is 2. The number of methoxy groups -OCH3 is 1. The maximum atomic E-state index is 12.4. The van der Waals surface area contributed by atoms with Crippen LogP contribution in [0, 0.1) is 5.92 Å². The van der Waals surface area contributed by atoms with Crippen molar-refractivity contribution in [2.24, 2.45) is 5.92 Å². The molecule has 0 atom stereocenters. The molecular weight excluding hydrogens is 366 g/mol. The first-order chi connectivity index (χ1) is 12.7. The van der Waals surface area contributed by atoms with Crippen molar-refractivity contribution >= 4 is 50.0 Å². The van der Waals surface area contributed by atoms with Gasteiger partial charge in [0.15, 0.2) is 5.13 Å². The first-order valence-corrected chi connectivity index (χ1v) is 10.3. The summed E-state index contributed by atoms with van der Waals surface area (Å²) in [7, 11) is 1.65. The number of amides is 1. The topological polar surface area (TPSA) is 54.5 Å². The average Bonchev–Trinajstić information content (AvgIpc) is 3.03. The molecule has 0 aliphatic carbocycles. The van der Waals surface area contributed by atoms with Crippen LogP contribution in [0.25, 0.3) is 10.2 Å². The molecule has 1 aliphatic rings. The Hall–Kier alpha value is -2.25. The molecule has 2 aromatic carbocycles. The van der Waals surface area contributed by atoms with Crippen LogP contribution >= 0.6 is 23.1 Å². The molecule has 1 aromatic heterocycles. The van der Waals surface area contributed by atoms with Gasteiger partial charge >= 0.3 is 0 Å². The quantitative estimate of drug-likeness (QED) is 0.670. The van der Waals surface area contributed by atoms with Crippen molar-refractivity contribution in [1.82, 2.24) is 4.98 Å². The minimum Gasteiger partial charge on any atom is -0.497 e. The number of nitrogens with zero attached hydrogens (tertiary/aromatic N) is 2. The first-order valence-electron chi connectivity index (χ1n) is 8.30. The Morgan fingerprint density at radius 2 is 2.04 bits per heavy atom. The number of fused-ring (bicyclic) bond motifs is 1. The van der Waals surface area contributed by atoms with Gasteiger partial charge in [-0.1, -0.05) is 11.3 Å². The van der Waals surface area contributed by atoms with Crippen LogP contribution in [0.3, 0.4) is 0 Å². The van der Waals surface area contributed by atoms with E-state index in [0.717, 1.165) is 26.8 Å². The van der Waals surface area contributed by atoms with Crippen LogP contribution in [0.5, 0.6) is 5.75 Å². The summed E-state index contributed by atoms with van der Waals surface area (Å²) in [6.45, 7) is 1.40. The number of hydrogen-bond acceptors (Lipinski definition) is 6. The van der Waals surface area contributed by atoms with Gasteiger partial charge in [-0.15, -0.1) is 11.8 Å². The van der Waals surface area contributed by atoms with Crippen molar-refractivity contribution in [2.75, 3.05) is 36.7 Å². The smallest absolute Gasteiger partial charge is 0.231 e. The molecule has 0 spiro atoms. The van der Waals surface area contributed by atoms with E-state index >= 15 is 0 Å². The molecule has 5 nitrogen and oxygen atoms in total. The molecule has 2 heterocycles. The highest BCUT2D eigenvalue weighted by atomic mass is 32.2. The number of anilines is 2. The lowest BCUT2D eigenvalue weighted by atomic mass is 10.00. The summed E-state index contributed by atoms with van der Waals surface area (Å²) in [4.78, 5) is 20.4. The number of hydrogen-bond donors (Lipinski definition) is 1. The van der Waals surface area contributed by atoms with E-state index in [1.54, 1.807) is 30.2 Å². The summed E-state index contributed by atoms with van der Waals surface area (Å²) in [5.74, 6) is 0.875. The number of ether oxygens (including phenoxy) is 1. The Morgan fingerprint density at radius 1 is 1.27 bits per heavy atom. The van der Waals surface area contributed by atoms with Crippen molar-refractivity contribution in [3.63, 3.8) is 0 Å². The molecule has 1 N–H and O–H groups in total. The molecular formula is C19H19N3O2S2. The molecule has 1 amide bonds. The molecule has 7 heteroatoms. The number of thioether (sulfide) groups is 1. The normalized spacial score (nSPS) is 14.3. The highest BCUT2D eigenvalue weighted by Gasteiger charge is 2.34. The summed E-state index contributed by atoms with van der Waals surface area (Å²) in [5, 5.41) is 3.96. The van der Waals surface area contributed by atoms with Crippen LogP contribution in [0.4, 0.5) is 10.8 Å². The van der Waals surface area contributed by atoms with Crippen LogP contribution in [0.1, 0.15) is 0 Å². The van der Waals surface area contributed by atoms with Gasteiger partial charge in [0.25, 0.3) is 0 Å². The largest absolute Gasteiger partial charge is 0.497 e. The van der Waals surface area contributed by atoms with Gasteiger partial charge in [-0.3, -0.25) is 4.79 Å². The van der Waals surface area contributed by atoms with E-state index in [-0.39, 0.29) is 11.8 Å². The van der Waals surface area contributed by atoms with E-state index in [1.807, 2.05) is 48.7 Å². The van der Waals surface area contributed by atoms with Crippen molar-refractivity contribution in [2.45, 2.75) is 4.90 Å². The maximum Gasteiger partial charge on any atom is 0.231 e. The first kappa shape index (κ1) is 17.2. The number of nitrogens with one attached hydrogen (secondary N) is 1. The summed E-state index contributed by atoms with van der Waals surface area (Å²) in [6.07, 6.45) is 2.04. The number of carbonyl (C=O) groups excluding carboxylic acids is 1. The van der Waals surface area contributed by atoms with E-state index < -0.39 is 0 Å². The van der Waals surface area contributed by atoms with E-state index in [9.17, 15) is 4.79 Å². The lowest BCUT2D eigenvalue weighted by Crippen LogP contribution is -2.52. The number of rotatable bonds is 5. The van der Waals surface area contributed by atoms with Crippen LogP contribution in [0.2, 0.25) is 0 Å². The second-order valence-electron chi connectivity index (χ2n) is 6.15. The molecule has 3 aromatic rings. The Kier molecular flexibility index (Phi) is 4.74. The molecule has 26 heavy (non-hydrogen) atoms. The zero-order valence-electron chi connectivity index (χ0n) is 14.6. The van der Waals surface area contributed by atoms with Crippen molar-refractivity contribution < 1.29 is 9.53 Å². The summed E-state index contributed by atoms with van der Waals surface area (Å²) in [5.41, 5.74) is 1.78. The van der Waals surface area contributed by atoms with Gasteiger partial charge in [-0.2, -0.15) is 0 Å². The maximum absolute atomic E-state index is 12.4. The fraction of sp³-hybridized carbons (Fsp3) is 0.263. The predicted octanol–water partition coefficient (Wildman–Crippen LogP) is 4.10. The predicted molar refractivity (Wildman–Crippen MR) is 109 cm³/mol. The van der Waals surface area contributed by atoms with Gasteiger partial charge in [0.1, 0.15) is 5.75 Å². The fourth-order valence-corrected chi connectivity index (χ4v) is 4.25. The lowest BCUT2D eigenvalue weighted by molar-refractivity contribution is -0.120. The molecule has 0 saturated carbocycles. The van der Waals surface area contributed by atoms with Crippen molar-refractivity contribution in [3.05, 3.63) is 42.5 Å². The average molecular weight is 386 g/mol. The summed E-state index contributed by atoms with van der Waals surface area (Å²) < 4.78 is 6.38. The van der Waals surface area contributed by atoms with Crippen LogP contribution in [-0.4, -0.2) is 37.3 Å². The van der Waals surface area contributed by atoms with E-state index in [2.05, 4.69) is 15.2 Å². The van der Waals surface area contributed by atoms with Gasteiger partial charge in [-0.05, 0) is 42.7 Å². The lowest BCUT2D eigenvalue weighted by Gasteiger charge is -2.37. The van der Waals surface area contributed by atoms with Crippen LogP contribution < -0.4 is 15.0 Å². The Balaban J connectivity index is 1.37. The monoisotopic (exact) mass is 385 g/mol. The van der Waals surface area contributed by atoms with Crippen LogP contribution in [0.15, 0.2) is 47.4 Å². The van der Waals surface area contributed by atoms with Gasteiger partial charge < -0.3 is 15.0 Å². The number of thiazole rings is 1. The fourth-order valence-electron chi connectivity index (χ4n) is 2.88. The molecule has 0 unspecified atom stereocenters. The molecule has 4 rings (SSSR count). The van der Waals surface area contributed by atoms with Crippen molar-refractivity contribution in [3.8, 4) is 5.75 Å². The molecule has 1 fully saturated rings. The zero-order chi connectivity index (χ0) is 18.1. The van der Waals surface area contributed by atoms with Crippen LogP contribution in [-0.2, 0) is 4.79 Å². The van der Waals surface area contributed by atoms with E-state index in [1.165, 1.54) is 4.90 Å².